The number of ether oxygens (including phenoxy) is 2. The molecule has 1 unspecified atom stereocenters. The van der Waals surface area contributed by atoms with Gasteiger partial charge in [-0.15, -0.1) is 0 Å². The van der Waals surface area contributed by atoms with Gasteiger partial charge in [0.25, 0.3) is 0 Å². The SMILES string of the molecule is CCOC(Cc1ccc(OCC=C(C)NOCc2ccccc2)cc1)C(=O)O. The average Bonchev–Trinajstić information content (AvgIpc) is 2.69. The number of carbonyl (C=O) groups is 1. The van der Waals surface area contributed by atoms with E-state index in [9.17, 15) is 4.79 Å². The van der Waals surface area contributed by atoms with Crippen molar-refractivity contribution in [3.8, 4) is 5.75 Å². The monoisotopic (exact) mass is 385 g/mol. The predicted molar refractivity (Wildman–Crippen MR) is 107 cm³/mol. The number of allylic oxidation sites excluding steroid dienone is 1. The Hall–Kier alpha value is -2.83. The maximum Gasteiger partial charge on any atom is 0.333 e. The van der Waals surface area contributed by atoms with Gasteiger partial charge in [0.1, 0.15) is 12.4 Å². The van der Waals surface area contributed by atoms with Gasteiger partial charge in [-0.25, -0.2) is 4.79 Å². The van der Waals surface area contributed by atoms with Gasteiger partial charge in [-0.3, -0.25) is 10.3 Å². The minimum atomic E-state index is -0.954. The summed E-state index contributed by atoms with van der Waals surface area (Å²) in [6.45, 7) is 4.92. The minimum absolute atomic E-state index is 0.325. The Morgan fingerprint density at radius 2 is 1.82 bits per heavy atom. The van der Waals surface area contributed by atoms with Crippen LogP contribution in [0.3, 0.4) is 0 Å². The molecule has 0 aliphatic carbocycles. The molecule has 0 saturated heterocycles. The molecule has 2 rings (SSSR count). The number of rotatable bonds is 12. The van der Waals surface area contributed by atoms with Crippen LogP contribution in [-0.4, -0.2) is 30.4 Å². The van der Waals surface area contributed by atoms with E-state index in [1.165, 1.54) is 0 Å². The van der Waals surface area contributed by atoms with E-state index in [-0.39, 0.29) is 0 Å². The fourth-order valence-corrected chi connectivity index (χ4v) is 2.47. The first-order valence-corrected chi connectivity index (χ1v) is 9.23. The Morgan fingerprint density at radius 1 is 1.11 bits per heavy atom. The van der Waals surface area contributed by atoms with Crippen molar-refractivity contribution in [3.05, 3.63) is 77.5 Å². The Balaban J connectivity index is 1.73. The van der Waals surface area contributed by atoms with E-state index >= 15 is 0 Å². The van der Waals surface area contributed by atoms with Crippen molar-refractivity contribution in [1.29, 1.82) is 0 Å². The van der Waals surface area contributed by atoms with E-state index in [4.69, 9.17) is 19.4 Å². The molecule has 0 aromatic heterocycles. The third kappa shape index (κ3) is 7.82. The molecule has 6 nitrogen and oxygen atoms in total. The second kappa shape index (κ2) is 11.8. The summed E-state index contributed by atoms with van der Waals surface area (Å²) in [5.74, 6) is -0.244. The van der Waals surface area contributed by atoms with Gasteiger partial charge in [0.15, 0.2) is 6.10 Å². The molecule has 150 valence electrons. The lowest BCUT2D eigenvalue weighted by atomic mass is 10.1. The van der Waals surface area contributed by atoms with E-state index in [1.54, 1.807) is 6.92 Å². The van der Waals surface area contributed by atoms with Crippen molar-refractivity contribution < 1.29 is 24.2 Å². The van der Waals surface area contributed by atoms with Gasteiger partial charge in [-0.1, -0.05) is 42.5 Å². The molecule has 2 aromatic carbocycles. The van der Waals surface area contributed by atoms with Gasteiger partial charge in [0.05, 0.1) is 6.61 Å². The zero-order valence-corrected chi connectivity index (χ0v) is 16.3. The topological polar surface area (TPSA) is 77.0 Å². The molecule has 0 spiro atoms. The van der Waals surface area contributed by atoms with Crippen LogP contribution in [0.4, 0.5) is 0 Å². The third-order valence-electron chi connectivity index (χ3n) is 3.94. The lowest BCUT2D eigenvalue weighted by Gasteiger charge is -2.12. The number of carboxylic acid groups (broad SMARTS) is 1. The quantitative estimate of drug-likeness (QED) is 0.542. The molecule has 2 aromatic rings. The highest BCUT2D eigenvalue weighted by molar-refractivity contribution is 5.72. The lowest BCUT2D eigenvalue weighted by molar-refractivity contribution is -0.149. The molecule has 2 N–H and O–H groups in total. The van der Waals surface area contributed by atoms with Gasteiger partial charge in [-0.2, -0.15) is 0 Å². The first-order valence-electron chi connectivity index (χ1n) is 9.23. The molecule has 0 fully saturated rings. The van der Waals surface area contributed by atoms with Crippen molar-refractivity contribution in [2.45, 2.75) is 33.0 Å². The zero-order valence-electron chi connectivity index (χ0n) is 16.3. The summed E-state index contributed by atoms with van der Waals surface area (Å²) in [5.41, 5.74) is 5.71. The summed E-state index contributed by atoms with van der Waals surface area (Å²) in [5, 5.41) is 9.14. The zero-order chi connectivity index (χ0) is 20.2. The van der Waals surface area contributed by atoms with E-state index in [0.29, 0.717) is 32.0 Å². The molecular weight excluding hydrogens is 358 g/mol. The van der Waals surface area contributed by atoms with Crippen molar-refractivity contribution in [3.63, 3.8) is 0 Å². The third-order valence-corrected chi connectivity index (χ3v) is 3.94. The smallest absolute Gasteiger partial charge is 0.333 e. The van der Waals surface area contributed by atoms with Gasteiger partial charge in [0, 0.05) is 18.7 Å². The molecule has 28 heavy (non-hydrogen) atoms. The summed E-state index contributed by atoms with van der Waals surface area (Å²) >= 11 is 0. The molecule has 0 bridgehead atoms. The molecule has 0 aliphatic rings. The van der Waals surface area contributed by atoms with E-state index < -0.39 is 12.1 Å². The van der Waals surface area contributed by atoms with Gasteiger partial charge in [0.2, 0.25) is 0 Å². The number of hydrogen-bond donors (Lipinski definition) is 2. The fourth-order valence-electron chi connectivity index (χ4n) is 2.47. The standard InChI is InChI=1S/C22H27NO5/c1-3-26-21(22(24)25)15-18-9-11-20(12-10-18)27-14-13-17(2)23-28-16-19-7-5-4-6-8-19/h4-13,21,23H,3,14-16H2,1-2H3,(H,24,25). The average molecular weight is 385 g/mol. The largest absolute Gasteiger partial charge is 0.489 e. The minimum Gasteiger partial charge on any atom is -0.489 e. The van der Waals surface area contributed by atoms with Gasteiger partial charge < -0.3 is 14.6 Å². The summed E-state index contributed by atoms with van der Waals surface area (Å²) in [7, 11) is 0. The molecule has 1 atom stereocenters. The molecule has 6 heteroatoms. The number of benzene rings is 2. The Morgan fingerprint density at radius 3 is 2.46 bits per heavy atom. The van der Waals surface area contributed by atoms with Crippen LogP contribution >= 0.6 is 0 Å². The number of hydroxylamine groups is 1. The molecule has 0 amide bonds. The van der Waals surface area contributed by atoms with Crippen LogP contribution in [-0.2, 0) is 27.4 Å². The lowest BCUT2D eigenvalue weighted by Crippen LogP contribution is -2.26. The van der Waals surface area contributed by atoms with E-state index in [2.05, 4.69) is 5.48 Å². The highest BCUT2D eigenvalue weighted by Crippen LogP contribution is 2.14. The number of aliphatic carboxylic acids is 1. The highest BCUT2D eigenvalue weighted by Gasteiger charge is 2.17. The fraction of sp³-hybridized carbons (Fsp3) is 0.318. The Bertz CT molecular complexity index is 743. The van der Waals surface area contributed by atoms with Crippen LogP contribution in [0.5, 0.6) is 5.75 Å². The Kier molecular flexibility index (Phi) is 9.04. The summed E-state index contributed by atoms with van der Waals surface area (Å²) < 4.78 is 10.9. The first kappa shape index (κ1) is 21.5. The summed E-state index contributed by atoms with van der Waals surface area (Å²) in [6, 6.07) is 17.3. The number of carboxylic acids is 1. The van der Waals surface area contributed by atoms with Crippen molar-refractivity contribution in [2.75, 3.05) is 13.2 Å². The molecule has 0 saturated carbocycles. The maximum absolute atomic E-state index is 11.1. The van der Waals surface area contributed by atoms with Crippen molar-refractivity contribution >= 4 is 5.97 Å². The van der Waals surface area contributed by atoms with Crippen LogP contribution in [0, 0.1) is 0 Å². The first-order chi connectivity index (χ1) is 13.6. The van der Waals surface area contributed by atoms with Crippen molar-refractivity contribution in [2.24, 2.45) is 0 Å². The van der Waals surface area contributed by atoms with Crippen LogP contribution in [0.2, 0.25) is 0 Å². The number of nitrogens with one attached hydrogen (secondary N) is 1. The van der Waals surface area contributed by atoms with E-state index in [0.717, 1.165) is 16.8 Å². The second-order valence-electron chi connectivity index (χ2n) is 6.20. The molecule has 0 radical (unpaired) electrons. The predicted octanol–water partition coefficient (Wildman–Crippen LogP) is 3.72. The molecule has 0 heterocycles. The number of hydrogen-bond acceptors (Lipinski definition) is 5. The van der Waals surface area contributed by atoms with Gasteiger partial charge in [-0.05, 0) is 43.2 Å². The molecular formula is C22H27NO5. The van der Waals surface area contributed by atoms with Crippen LogP contribution in [0.15, 0.2) is 66.4 Å². The van der Waals surface area contributed by atoms with Crippen molar-refractivity contribution in [1.82, 2.24) is 5.48 Å². The molecule has 0 aliphatic heterocycles. The van der Waals surface area contributed by atoms with Gasteiger partial charge >= 0.3 is 5.97 Å². The Labute approximate surface area is 165 Å². The maximum atomic E-state index is 11.1. The van der Waals surface area contributed by atoms with Crippen LogP contribution in [0.1, 0.15) is 25.0 Å². The summed E-state index contributed by atoms with van der Waals surface area (Å²) in [6.07, 6.45) is 1.38. The van der Waals surface area contributed by atoms with E-state index in [1.807, 2.05) is 67.6 Å². The van der Waals surface area contributed by atoms with Crippen LogP contribution in [0.25, 0.3) is 0 Å². The normalized spacial score (nSPS) is 12.4. The highest BCUT2D eigenvalue weighted by atomic mass is 16.6. The van der Waals surface area contributed by atoms with Crippen LogP contribution < -0.4 is 10.2 Å². The summed E-state index contributed by atoms with van der Waals surface area (Å²) in [4.78, 5) is 16.6. The second-order valence-corrected chi connectivity index (χ2v) is 6.20.